The molecule has 0 aliphatic rings. The van der Waals surface area contributed by atoms with Gasteiger partial charge in [-0.1, -0.05) is 18.2 Å². The van der Waals surface area contributed by atoms with Crippen molar-refractivity contribution in [3.63, 3.8) is 0 Å². The number of nitrogens with zero attached hydrogens (tertiary/aromatic N) is 2. The fraction of sp³-hybridized carbons (Fsp3) is 0.333. The second kappa shape index (κ2) is 6.81. The van der Waals surface area contributed by atoms with Crippen LogP contribution in [0, 0.1) is 11.3 Å². The van der Waals surface area contributed by atoms with Gasteiger partial charge in [-0.25, -0.2) is 4.79 Å². The van der Waals surface area contributed by atoms with E-state index < -0.39 is 12.0 Å². The van der Waals surface area contributed by atoms with E-state index >= 15 is 0 Å². The van der Waals surface area contributed by atoms with Crippen molar-refractivity contribution in [3.8, 4) is 6.07 Å². The molecule has 5 heteroatoms. The number of aliphatic carboxylic acids is 1. The Morgan fingerprint density at radius 1 is 1.47 bits per heavy atom. The molecule has 0 amide bonds. The van der Waals surface area contributed by atoms with Crippen LogP contribution in [0.15, 0.2) is 30.3 Å². The van der Waals surface area contributed by atoms with Crippen LogP contribution in [0.5, 0.6) is 0 Å². The van der Waals surface area contributed by atoms with Crippen LogP contribution in [0.1, 0.15) is 6.42 Å². The highest BCUT2D eigenvalue weighted by Crippen LogP contribution is 2.17. The summed E-state index contributed by atoms with van der Waals surface area (Å²) in [7, 11) is 0. The van der Waals surface area contributed by atoms with E-state index in [9.17, 15) is 4.79 Å². The molecule has 1 atom stereocenters. The first kappa shape index (κ1) is 13.4. The minimum Gasteiger partial charge on any atom is -0.480 e. The normalized spacial score (nSPS) is 11.5. The molecule has 1 aromatic rings. The van der Waals surface area contributed by atoms with E-state index in [1.807, 2.05) is 36.4 Å². The van der Waals surface area contributed by atoms with Gasteiger partial charge < -0.3 is 10.0 Å². The first-order valence-corrected chi connectivity index (χ1v) is 5.86. The van der Waals surface area contributed by atoms with Crippen molar-refractivity contribution in [2.75, 3.05) is 17.2 Å². The van der Waals surface area contributed by atoms with Crippen LogP contribution >= 0.6 is 12.6 Å². The predicted molar refractivity (Wildman–Crippen MR) is 69.3 cm³/mol. The molecule has 0 radical (unpaired) electrons. The Morgan fingerprint density at radius 3 is 2.59 bits per heavy atom. The van der Waals surface area contributed by atoms with E-state index in [2.05, 4.69) is 12.6 Å². The summed E-state index contributed by atoms with van der Waals surface area (Å²) in [6.07, 6.45) is 0.284. The number of para-hydroxylation sites is 1. The maximum atomic E-state index is 11.1. The Hall–Kier alpha value is -1.67. The van der Waals surface area contributed by atoms with Gasteiger partial charge in [0.15, 0.2) is 0 Å². The zero-order chi connectivity index (χ0) is 12.7. The lowest BCUT2D eigenvalue weighted by molar-refractivity contribution is -0.138. The highest BCUT2D eigenvalue weighted by atomic mass is 32.1. The van der Waals surface area contributed by atoms with Gasteiger partial charge >= 0.3 is 5.97 Å². The van der Waals surface area contributed by atoms with Gasteiger partial charge in [-0.3, -0.25) is 0 Å². The van der Waals surface area contributed by atoms with Gasteiger partial charge in [-0.15, -0.1) is 0 Å². The quantitative estimate of drug-likeness (QED) is 0.755. The molecule has 0 aromatic heterocycles. The summed E-state index contributed by atoms with van der Waals surface area (Å²) in [6, 6.07) is 10.5. The number of thiol groups is 1. The van der Waals surface area contributed by atoms with Gasteiger partial charge in [0, 0.05) is 18.0 Å². The molecule has 90 valence electrons. The first-order valence-electron chi connectivity index (χ1n) is 5.23. The predicted octanol–water partition coefficient (Wildman–Crippen LogP) is 1.79. The summed E-state index contributed by atoms with van der Waals surface area (Å²) in [5.74, 6) is -0.725. The summed E-state index contributed by atoms with van der Waals surface area (Å²) in [5.41, 5.74) is 0.796. The highest BCUT2D eigenvalue weighted by Gasteiger charge is 2.23. The van der Waals surface area contributed by atoms with Crippen LogP contribution in [0.4, 0.5) is 5.69 Å². The van der Waals surface area contributed by atoms with Crippen molar-refractivity contribution < 1.29 is 9.90 Å². The van der Waals surface area contributed by atoms with Crippen molar-refractivity contribution in [1.29, 1.82) is 5.26 Å². The molecule has 0 spiro atoms. The van der Waals surface area contributed by atoms with Gasteiger partial charge in [0.05, 0.1) is 12.5 Å². The number of hydrogen-bond acceptors (Lipinski definition) is 4. The molecule has 0 bridgehead atoms. The van der Waals surface area contributed by atoms with E-state index in [4.69, 9.17) is 10.4 Å². The maximum absolute atomic E-state index is 11.1. The van der Waals surface area contributed by atoms with Gasteiger partial charge in [0.25, 0.3) is 0 Å². The van der Waals surface area contributed by atoms with Crippen LogP contribution in [0.2, 0.25) is 0 Å². The van der Waals surface area contributed by atoms with Crippen LogP contribution in [-0.2, 0) is 4.79 Å². The lowest BCUT2D eigenvalue weighted by atomic mass is 10.2. The second-order valence-electron chi connectivity index (χ2n) is 3.47. The minimum absolute atomic E-state index is 0.204. The third kappa shape index (κ3) is 3.68. The average molecular weight is 250 g/mol. The van der Waals surface area contributed by atoms with E-state index in [0.29, 0.717) is 6.54 Å². The summed E-state index contributed by atoms with van der Waals surface area (Å²) < 4.78 is 0. The molecule has 1 N–H and O–H groups in total. The monoisotopic (exact) mass is 250 g/mol. The van der Waals surface area contributed by atoms with Gasteiger partial charge in [0.2, 0.25) is 0 Å². The largest absolute Gasteiger partial charge is 0.480 e. The molecule has 1 rings (SSSR count). The Labute approximate surface area is 106 Å². The van der Waals surface area contributed by atoms with Crippen molar-refractivity contribution >= 4 is 24.3 Å². The SMILES string of the molecule is N#CCCN(c1ccccc1)C(CS)C(=O)O. The molecule has 1 aromatic carbocycles. The number of carboxylic acids is 1. The maximum Gasteiger partial charge on any atom is 0.327 e. The summed E-state index contributed by atoms with van der Waals surface area (Å²) in [6.45, 7) is 0.387. The number of rotatable bonds is 6. The highest BCUT2D eigenvalue weighted by molar-refractivity contribution is 7.80. The van der Waals surface area contributed by atoms with Crippen molar-refractivity contribution in [3.05, 3.63) is 30.3 Å². The number of carboxylic acid groups (broad SMARTS) is 1. The Balaban J connectivity index is 2.95. The smallest absolute Gasteiger partial charge is 0.327 e. The lowest BCUT2D eigenvalue weighted by Gasteiger charge is -2.29. The number of nitriles is 1. The fourth-order valence-corrected chi connectivity index (χ4v) is 1.92. The molecule has 1 unspecified atom stereocenters. The van der Waals surface area contributed by atoms with Crippen LogP contribution in [0.25, 0.3) is 0 Å². The fourth-order valence-electron chi connectivity index (χ4n) is 1.56. The minimum atomic E-state index is -0.929. The Morgan fingerprint density at radius 2 is 2.12 bits per heavy atom. The Kier molecular flexibility index (Phi) is 5.37. The molecular weight excluding hydrogens is 236 g/mol. The summed E-state index contributed by atoms with van der Waals surface area (Å²) in [5, 5.41) is 17.7. The lowest BCUT2D eigenvalue weighted by Crippen LogP contribution is -2.43. The summed E-state index contributed by atoms with van der Waals surface area (Å²) >= 11 is 4.06. The Bertz CT molecular complexity index is 403. The molecule has 0 aliphatic heterocycles. The topological polar surface area (TPSA) is 64.3 Å². The first-order chi connectivity index (χ1) is 8.20. The number of benzene rings is 1. The molecule has 4 nitrogen and oxygen atoms in total. The zero-order valence-electron chi connectivity index (χ0n) is 9.28. The standard InChI is InChI=1S/C12H14N2O2S/c13-7-4-8-14(11(9-17)12(15)16)10-5-2-1-3-6-10/h1-3,5-6,11,17H,4,8-9H2,(H,15,16). The number of anilines is 1. The van der Waals surface area contributed by atoms with E-state index in [1.165, 1.54) is 0 Å². The van der Waals surface area contributed by atoms with Crippen LogP contribution in [-0.4, -0.2) is 29.4 Å². The van der Waals surface area contributed by atoms with Gasteiger partial charge in [0.1, 0.15) is 6.04 Å². The van der Waals surface area contributed by atoms with E-state index in [0.717, 1.165) is 5.69 Å². The van der Waals surface area contributed by atoms with Gasteiger partial charge in [-0.2, -0.15) is 17.9 Å². The third-order valence-electron chi connectivity index (χ3n) is 2.39. The molecule has 0 saturated carbocycles. The zero-order valence-corrected chi connectivity index (χ0v) is 10.2. The average Bonchev–Trinajstić information content (AvgIpc) is 2.35. The van der Waals surface area contributed by atoms with E-state index in [-0.39, 0.29) is 12.2 Å². The van der Waals surface area contributed by atoms with Crippen molar-refractivity contribution in [2.45, 2.75) is 12.5 Å². The third-order valence-corrected chi connectivity index (χ3v) is 2.73. The van der Waals surface area contributed by atoms with Crippen LogP contribution in [0.3, 0.4) is 0 Å². The molecular formula is C12H14N2O2S. The molecule has 0 fully saturated rings. The van der Waals surface area contributed by atoms with Crippen molar-refractivity contribution in [2.24, 2.45) is 0 Å². The van der Waals surface area contributed by atoms with Gasteiger partial charge in [-0.05, 0) is 12.1 Å². The van der Waals surface area contributed by atoms with Crippen molar-refractivity contribution in [1.82, 2.24) is 0 Å². The van der Waals surface area contributed by atoms with E-state index in [1.54, 1.807) is 4.90 Å². The second-order valence-corrected chi connectivity index (χ2v) is 3.84. The molecule has 17 heavy (non-hydrogen) atoms. The molecule has 0 aliphatic carbocycles. The van der Waals surface area contributed by atoms with Crippen LogP contribution < -0.4 is 4.90 Å². The summed E-state index contributed by atoms with van der Waals surface area (Å²) in [4.78, 5) is 12.8. The number of hydrogen-bond donors (Lipinski definition) is 2. The molecule has 0 heterocycles. The number of carbonyl (C=O) groups is 1. The molecule has 0 saturated heterocycles.